The first-order valence-electron chi connectivity index (χ1n) is 4.40. The van der Waals surface area contributed by atoms with Crippen molar-refractivity contribution >= 4 is 5.91 Å². The molecule has 0 spiro atoms. The number of hydrogen-bond donors (Lipinski definition) is 4. The summed E-state index contributed by atoms with van der Waals surface area (Å²) in [7, 11) is 0. The number of aliphatic hydroxyl groups excluding tert-OH is 3. The van der Waals surface area contributed by atoms with E-state index >= 15 is 0 Å². The Bertz CT molecular complexity index is 222. The van der Waals surface area contributed by atoms with Gasteiger partial charge in [0.25, 0.3) is 0 Å². The Kier molecular flexibility index (Phi) is 3.43. The van der Waals surface area contributed by atoms with Crippen LogP contribution in [0.2, 0.25) is 0 Å². The van der Waals surface area contributed by atoms with E-state index in [1.807, 2.05) is 0 Å². The fraction of sp³-hybridized carbons (Fsp3) is 0.875. The number of rotatable bonds is 2. The van der Waals surface area contributed by atoms with Crippen LogP contribution < -0.4 is 5.32 Å². The molecule has 0 aromatic carbocycles. The maximum atomic E-state index is 10.7. The number of aliphatic hydroxyl groups is 3. The second-order valence-corrected chi connectivity index (χ2v) is 3.46. The van der Waals surface area contributed by atoms with Gasteiger partial charge in [-0.25, -0.2) is 0 Å². The van der Waals surface area contributed by atoms with Gasteiger partial charge in [-0.15, -0.1) is 0 Å². The minimum absolute atomic E-state index is 0.260. The normalized spacial score (nSPS) is 39.5. The molecule has 0 aliphatic carbocycles. The van der Waals surface area contributed by atoms with Gasteiger partial charge >= 0.3 is 0 Å². The van der Waals surface area contributed by atoms with Crippen molar-refractivity contribution in [1.82, 2.24) is 5.32 Å². The monoisotopic (exact) mass is 205 g/mol. The van der Waals surface area contributed by atoms with Crippen molar-refractivity contribution in [3.8, 4) is 0 Å². The Morgan fingerprint density at radius 1 is 1.36 bits per heavy atom. The minimum Gasteiger partial charge on any atom is -0.387 e. The average molecular weight is 205 g/mol. The fourth-order valence-corrected chi connectivity index (χ4v) is 1.50. The highest BCUT2D eigenvalue weighted by Crippen LogP contribution is 2.21. The summed E-state index contributed by atoms with van der Waals surface area (Å²) in [5.41, 5.74) is 0. The molecule has 1 fully saturated rings. The number of nitrogens with one attached hydrogen (secondary N) is 1. The van der Waals surface area contributed by atoms with Crippen molar-refractivity contribution in [2.45, 2.75) is 44.5 Å². The van der Waals surface area contributed by atoms with Gasteiger partial charge in [-0.05, 0) is 6.92 Å². The molecular formula is C8H15NO5. The van der Waals surface area contributed by atoms with Crippen LogP contribution in [0.1, 0.15) is 13.8 Å². The molecule has 0 radical (unpaired) electrons. The van der Waals surface area contributed by atoms with Crippen LogP contribution in [-0.4, -0.2) is 51.9 Å². The Hall–Kier alpha value is -0.690. The van der Waals surface area contributed by atoms with Gasteiger partial charge in [-0.1, -0.05) is 0 Å². The van der Waals surface area contributed by atoms with E-state index in [2.05, 4.69) is 5.32 Å². The van der Waals surface area contributed by atoms with Crippen LogP contribution in [0.4, 0.5) is 0 Å². The zero-order valence-corrected chi connectivity index (χ0v) is 8.04. The summed E-state index contributed by atoms with van der Waals surface area (Å²) in [6.07, 6.45) is -4.70. The molecule has 1 rings (SSSR count). The van der Waals surface area contributed by atoms with Crippen LogP contribution in [0.15, 0.2) is 0 Å². The molecule has 4 N–H and O–H groups in total. The van der Waals surface area contributed by atoms with Crippen LogP contribution in [-0.2, 0) is 9.53 Å². The second-order valence-electron chi connectivity index (χ2n) is 3.46. The average Bonchev–Trinajstić information content (AvgIpc) is 2.32. The van der Waals surface area contributed by atoms with Gasteiger partial charge in [-0.2, -0.15) is 0 Å². The minimum atomic E-state index is -1.40. The summed E-state index contributed by atoms with van der Waals surface area (Å²) < 4.78 is 4.89. The van der Waals surface area contributed by atoms with E-state index in [-0.39, 0.29) is 5.91 Å². The van der Waals surface area contributed by atoms with Crippen LogP contribution in [0.5, 0.6) is 0 Å². The zero-order valence-electron chi connectivity index (χ0n) is 8.04. The molecule has 14 heavy (non-hydrogen) atoms. The highest BCUT2D eigenvalue weighted by atomic mass is 16.6. The number of amides is 1. The lowest BCUT2D eigenvalue weighted by atomic mass is 10.1. The van der Waals surface area contributed by atoms with E-state index in [0.29, 0.717) is 0 Å². The third kappa shape index (κ3) is 2.21. The first kappa shape index (κ1) is 11.4. The van der Waals surface area contributed by atoms with Gasteiger partial charge < -0.3 is 25.4 Å². The lowest BCUT2D eigenvalue weighted by Gasteiger charge is -2.22. The quantitative estimate of drug-likeness (QED) is 0.416. The smallest absolute Gasteiger partial charge is 0.217 e. The molecule has 0 bridgehead atoms. The van der Waals surface area contributed by atoms with E-state index in [9.17, 15) is 15.0 Å². The third-order valence-electron chi connectivity index (χ3n) is 2.20. The van der Waals surface area contributed by atoms with Gasteiger partial charge in [0, 0.05) is 6.92 Å². The predicted molar refractivity (Wildman–Crippen MR) is 46.2 cm³/mol. The Balaban J connectivity index is 2.57. The first-order valence-corrected chi connectivity index (χ1v) is 4.40. The van der Waals surface area contributed by atoms with E-state index in [1.165, 1.54) is 6.92 Å². The van der Waals surface area contributed by atoms with Crippen molar-refractivity contribution in [2.24, 2.45) is 0 Å². The number of carbonyl (C=O) groups excluding carboxylic acids is 1. The molecule has 82 valence electrons. The van der Waals surface area contributed by atoms with Gasteiger partial charge in [0.1, 0.15) is 18.3 Å². The van der Waals surface area contributed by atoms with Crippen molar-refractivity contribution in [2.75, 3.05) is 0 Å². The van der Waals surface area contributed by atoms with Crippen LogP contribution >= 0.6 is 0 Å². The zero-order chi connectivity index (χ0) is 10.9. The molecule has 1 aliphatic heterocycles. The molecule has 5 atom stereocenters. The van der Waals surface area contributed by atoms with Gasteiger partial charge in [0.15, 0.2) is 6.29 Å². The summed E-state index contributed by atoms with van der Waals surface area (Å²) in [5, 5.41) is 30.2. The molecule has 1 saturated heterocycles. The summed E-state index contributed by atoms with van der Waals surface area (Å²) >= 11 is 0. The maximum absolute atomic E-state index is 10.7. The highest BCUT2D eigenvalue weighted by molar-refractivity contribution is 5.73. The summed E-state index contributed by atoms with van der Waals surface area (Å²) in [6, 6.07) is -0.464. The molecule has 0 saturated carbocycles. The molecule has 6 heteroatoms. The van der Waals surface area contributed by atoms with Crippen molar-refractivity contribution in [1.29, 1.82) is 0 Å². The standard InChI is InChI=1S/C8H15NO5/c1-3(9-4(2)10)7-5(11)6(12)8(13)14-7/h3,5-8,11-13H,1-2H3,(H,9,10)/t3-,5+,6-,7+,8?/m0/s1. The Morgan fingerprint density at radius 3 is 2.29 bits per heavy atom. The molecule has 1 aliphatic rings. The summed E-state index contributed by atoms with van der Waals surface area (Å²) in [5.74, 6) is -0.260. The molecular weight excluding hydrogens is 190 g/mol. The Labute approximate surface area is 81.5 Å². The molecule has 0 aromatic heterocycles. The molecule has 1 unspecified atom stereocenters. The maximum Gasteiger partial charge on any atom is 0.217 e. The number of carbonyl (C=O) groups is 1. The SMILES string of the molecule is CC(=O)N[C@@H](C)[C@H]1OC(O)[C@@H](O)[C@H]1O. The van der Waals surface area contributed by atoms with Crippen molar-refractivity contribution in [3.05, 3.63) is 0 Å². The van der Waals surface area contributed by atoms with E-state index < -0.39 is 30.6 Å². The van der Waals surface area contributed by atoms with Gasteiger partial charge in [0.2, 0.25) is 5.91 Å². The molecule has 1 amide bonds. The van der Waals surface area contributed by atoms with Crippen LogP contribution in [0, 0.1) is 0 Å². The first-order chi connectivity index (χ1) is 6.43. The topological polar surface area (TPSA) is 99.0 Å². The van der Waals surface area contributed by atoms with Crippen LogP contribution in [0.25, 0.3) is 0 Å². The van der Waals surface area contributed by atoms with E-state index in [0.717, 1.165) is 0 Å². The Morgan fingerprint density at radius 2 is 1.93 bits per heavy atom. The number of hydrogen-bond acceptors (Lipinski definition) is 5. The van der Waals surface area contributed by atoms with E-state index in [1.54, 1.807) is 6.92 Å². The third-order valence-corrected chi connectivity index (χ3v) is 2.20. The van der Waals surface area contributed by atoms with Gasteiger partial charge in [-0.3, -0.25) is 4.79 Å². The fourth-order valence-electron chi connectivity index (χ4n) is 1.50. The lowest BCUT2D eigenvalue weighted by molar-refractivity contribution is -0.135. The second kappa shape index (κ2) is 4.22. The summed E-state index contributed by atoms with van der Waals surface area (Å²) in [4.78, 5) is 10.7. The van der Waals surface area contributed by atoms with E-state index in [4.69, 9.17) is 9.84 Å². The lowest BCUT2D eigenvalue weighted by Crippen LogP contribution is -2.46. The van der Waals surface area contributed by atoms with Crippen molar-refractivity contribution < 1.29 is 24.9 Å². The van der Waals surface area contributed by atoms with Crippen LogP contribution in [0.3, 0.4) is 0 Å². The van der Waals surface area contributed by atoms with Gasteiger partial charge in [0.05, 0.1) is 6.04 Å². The highest BCUT2D eigenvalue weighted by Gasteiger charge is 2.44. The molecule has 1 heterocycles. The number of ether oxygens (including phenoxy) is 1. The largest absolute Gasteiger partial charge is 0.387 e. The predicted octanol–water partition coefficient (Wildman–Crippen LogP) is -2.05. The van der Waals surface area contributed by atoms with Crippen molar-refractivity contribution in [3.63, 3.8) is 0 Å². The molecule has 6 nitrogen and oxygen atoms in total. The molecule has 0 aromatic rings. The summed E-state index contributed by atoms with van der Waals surface area (Å²) in [6.45, 7) is 2.96.